The predicted molar refractivity (Wildman–Crippen MR) is 127 cm³/mol. The minimum Gasteiger partial charge on any atom is -0.507 e. The van der Waals surface area contributed by atoms with Crippen molar-refractivity contribution >= 4 is 17.2 Å². The van der Waals surface area contributed by atoms with Crippen LogP contribution in [0.5, 0.6) is 5.75 Å². The van der Waals surface area contributed by atoms with E-state index in [1.807, 2.05) is 10.6 Å². The van der Waals surface area contributed by atoms with Crippen LogP contribution >= 0.6 is 0 Å². The van der Waals surface area contributed by atoms with Gasteiger partial charge >= 0.3 is 0 Å². The van der Waals surface area contributed by atoms with Crippen LogP contribution in [0.3, 0.4) is 0 Å². The molecule has 0 aliphatic heterocycles. The summed E-state index contributed by atoms with van der Waals surface area (Å²) in [5.74, 6) is 1.68. The summed E-state index contributed by atoms with van der Waals surface area (Å²) in [6.07, 6.45) is 5.45. The molecular weight excluding hydrogens is 384 g/mol. The van der Waals surface area contributed by atoms with Crippen LogP contribution in [0.1, 0.15) is 61.8 Å². The van der Waals surface area contributed by atoms with Gasteiger partial charge in [-0.05, 0) is 60.6 Å². The van der Waals surface area contributed by atoms with Crippen LogP contribution in [0.4, 0.5) is 11.5 Å². The first-order chi connectivity index (χ1) is 14.8. The summed E-state index contributed by atoms with van der Waals surface area (Å²) in [6.45, 7) is 12.6. The van der Waals surface area contributed by atoms with Crippen LogP contribution in [0.2, 0.25) is 0 Å². The van der Waals surface area contributed by atoms with Gasteiger partial charge in [0.2, 0.25) is 0 Å². The molecule has 0 aliphatic rings. The number of imidazole rings is 1. The molecule has 2 aromatic carbocycles. The molecule has 31 heavy (non-hydrogen) atoms. The molecule has 0 aliphatic carbocycles. The smallest absolute Gasteiger partial charge is 0.157 e. The molecule has 160 valence electrons. The highest BCUT2D eigenvalue weighted by Crippen LogP contribution is 2.40. The fourth-order valence-corrected chi connectivity index (χ4v) is 4.01. The summed E-state index contributed by atoms with van der Waals surface area (Å²) in [6, 6.07) is 10.5. The van der Waals surface area contributed by atoms with Gasteiger partial charge in [0.1, 0.15) is 17.3 Å². The van der Waals surface area contributed by atoms with Gasteiger partial charge in [-0.25, -0.2) is 4.98 Å². The molecule has 2 heterocycles. The maximum atomic E-state index is 10.9. The van der Waals surface area contributed by atoms with Crippen molar-refractivity contribution in [3.05, 3.63) is 71.2 Å². The van der Waals surface area contributed by atoms with Crippen LogP contribution in [0, 0.1) is 13.8 Å². The highest BCUT2D eigenvalue weighted by molar-refractivity contribution is 5.81. The second kappa shape index (κ2) is 8.06. The number of aryl methyl sites for hydroxylation is 2. The normalized spacial score (nSPS) is 11.6. The van der Waals surface area contributed by atoms with Gasteiger partial charge in [0.25, 0.3) is 0 Å². The van der Waals surface area contributed by atoms with Crippen molar-refractivity contribution in [2.45, 2.75) is 53.4 Å². The van der Waals surface area contributed by atoms with Crippen LogP contribution in [-0.4, -0.2) is 19.5 Å². The third kappa shape index (κ3) is 3.88. The Labute approximate surface area is 183 Å². The van der Waals surface area contributed by atoms with Crippen molar-refractivity contribution in [3.8, 4) is 17.0 Å². The van der Waals surface area contributed by atoms with Gasteiger partial charge in [-0.2, -0.15) is 0 Å². The average Bonchev–Trinajstić information content (AvgIpc) is 3.08. The fraction of sp³-hybridized carbons (Fsp3) is 0.308. The Bertz CT molecular complexity index is 1220. The van der Waals surface area contributed by atoms with Crippen LogP contribution < -0.4 is 5.32 Å². The zero-order valence-electron chi connectivity index (χ0n) is 19.1. The minimum atomic E-state index is 0.201. The molecule has 4 rings (SSSR count). The Morgan fingerprint density at radius 2 is 1.65 bits per heavy atom. The molecule has 2 N–H and O–H groups in total. The fourth-order valence-electron chi connectivity index (χ4n) is 4.01. The number of nitrogens with zero attached hydrogens (tertiary/aromatic N) is 3. The summed E-state index contributed by atoms with van der Waals surface area (Å²) in [4.78, 5) is 9.16. The van der Waals surface area contributed by atoms with E-state index in [1.165, 1.54) is 11.1 Å². The molecule has 0 atom stereocenters. The van der Waals surface area contributed by atoms with Crippen LogP contribution in [-0.2, 0) is 0 Å². The maximum Gasteiger partial charge on any atom is 0.157 e. The molecule has 0 saturated heterocycles. The van der Waals surface area contributed by atoms with E-state index >= 15 is 0 Å². The van der Waals surface area contributed by atoms with E-state index in [-0.39, 0.29) is 11.8 Å². The van der Waals surface area contributed by atoms with Gasteiger partial charge in [0.05, 0.1) is 6.20 Å². The molecule has 5 heteroatoms. The number of benzene rings is 2. The van der Waals surface area contributed by atoms with Crippen molar-refractivity contribution in [2.24, 2.45) is 0 Å². The monoisotopic (exact) mass is 414 g/mol. The highest BCUT2D eigenvalue weighted by atomic mass is 16.3. The lowest BCUT2D eigenvalue weighted by molar-refractivity contribution is 0.454. The number of fused-ring (bicyclic) bond motifs is 1. The topological polar surface area (TPSA) is 62.5 Å². The zero-order valence-corrected chi connectivity index (χ0v) is 19.1. The maximum absolute atomic E-state index is 10.9. The Morgan fingerprint density at radius 3 is 2.26 bits per heavy atom. The van der Waals surface area contributed by atoms with E-state index in [2.05, 4.69) is 82.2 Å². The van der Waals surface area contributed by atoms with Gasteiger partial charge in [-0.1, -0.05) is 45.4 Å². The molecule has 4 aromatic rings. The Balaban J connectivity index is 1.95. The van der Waals surface area contributed by atoms with E-state index < -0.39 is 0 Å². The molecule has 0 spiro atoms. The minimum absolute atomic E-state index is 0.201. The van der Waals surface area contributed by atoms with E-state index in [4.69, 9.17) is 4.98 Å². The van der Waals surface area contributed by atoms with Crippen LogP contribution in [0.15, 0.2) is 48.9 Å². The number of phenols is 1. The lowest BCUT2D eigenvalue weighted by Crippen LogP contribution is -2.01. The molecule has 2 aromatic heterocycles. The van der Waals surface area contributed by atoms with Gasteiger partial charge < -0.3 is 10.4 Å². The number of anilines is 2. The number of aromatic nitrogens is 3. The third-order valence-electron chi connectivity index (χ3n) is 5.75. The second-order valence-corrected chi connectivity index (χ2v) is 8.87. The van der Waals surface area contributed by atoms with Crippen molar-refractivity contribution < 1.29 is 5.11 Å². The standard InChI is InChI=1S/C26H30N4O/c1-15(2)20-12-19(13-21(16(3)4)25(20)31)24-26(30-10-9-27-14-23(30)29-24)28-22-8-7-17(5)11-18(22)6/h7-16,28,31H,1-6H3. The summed E-state index contributed by atoms with van der Waals surface area (Å²) in [5, 5.41) is 14.5. The quantitative estimate of drug-likeness (QED) is 0.381. The Morgan fingerprint density at radius 1 is 0.968 bits per heavy atom. The highest BCUT2D eigenvalue weighted by Gasteiger charge is 2.21. The molecular formula is C26H30N4O. The zero-order chi connectivity index (χ0) is 22.3. The van der Waals surface area contributed by atoms with Gasteiger partial charge in [-0.3, -0.25) is 9.38 Å². The van der Waals surface area contributed by atoms with E-state index in [0.717, 1.165) is 39.5 Å². The van der Waals surface area contributed by atoms with Crippen molar-refractivity contribution in [1.82, 2.24) is 14.4 Å². The summed E-state index contributed by atoms with van der Waals surface area (Å²) >= 11 is 0. The van der Waals surface area contributed by atoms with Gasteiger partial charge in [-0.15, -0.1) is 0 Å². The number of nitrogens with one attached hydrogen (secondary N) is 1. The molecule has 0 bridgehead atoms. The first-order valence-electron chi connectivity index (χ1n) is 10.8. The number of hydrogen-bond donors (Lipinski definition) is 2. The number of rotatable bonds is 5. The Hall–Kier alpha value is -3.34. The number of hydrogen-bond acceptors (Lipinski definition) is 4. The van der Waals surface area contributed by atoms with E-state index in [9.17, 15) is 5.11 Å². The van der Waals surface area contributed by atoms with Crippen molar-refractivity contribution in [3.63, 3.8) is 0 Å². The van der Waals surface area contributed by atoms with E-state index in [0.29, 0.717) is 5.75 Å². The molecule has 5 nitrogen and oxygen atoms in total. The summed E-state index contributed by atoms with van der Waals surface area (Å²) in [7, 11) is 0. The molecule has 0 fully saturated rings. The van der Waals surface area contributed by atoms with Gasteiger partial charge in [0, 0.05) is 23.6 Å². The molecule has 0 amide bonds. The molecule has 0 radical (unpaired) electrons. The summed E-state index contributed by atoms with van der Waals surface area (Å²) in [5.41, 5.74) is 7.92. The Kier molecular flexibility index (Phi) is 5.44. The third-order valence-corrected chi connectivity index (χ3v) is 5.75. The van der Waals surface area contributed by atoms with Crippen molar-refractivity contribution in [1.29, 1.82) is 0 Å². The SMILES string of the molecule is Cc1ccc(Nc2c(-c3cc(C(C)C)c(O)c(C(C)C)c3)nc3cnccn23)c(C)c1. The van der Waals surface area contributed by atoms with Gasteiger partial charge in [0.15, 0.2) is 5.65 Å². The van der Waals surface area contributed by atoms with Crippen LogP contribution in [0.25, 0.3) is 16.9 Å². The lowest BCUT2D eigenvalue weighted by atomic mass is 9.90. The van der Waals surface area contributed by atoms with E-state index in [1.54, 1.807) is 12.4 Å². The lowest BCUT2D eigenvalue weighted by Gasteiger charge is -2.18. The number of aromatic hydroxyl groups is 1. The first kappa shape index (κ1) is 20.9. The average molecular weight is 415 g/mol. The summed E-state index contributed by atoms with van der Waals surface area (Å²) < 4.78 is 2.03. The predicted octanol–water partition coefficient (Wildman–Crippen LogP) is 6.71. The first-order valence-corrected chi connectivity index (χ1v) is 10.8. The van der Waals surface area contributed by atoms with Crippen molar-refractivity contribution in [2.75, 3.05) is 5.32 Å². The molecule has 0 saturated carbocycles. The largest absolute Gasteiger partial charge is 0.507 e. The molecule has 0 unspecified atom stereocenters. The second-order valence-electron chi connectivity index (χ2n) is 8.87. The number of phenolic OH excluding ortho intramolecular Hbond substituents is 1.